The predicted molar refractivity (Wildman–Crippen MR) is 98.1 cm³/mol. The number of aryl methyl sites for hydroxylation is 1. The fraction of sp³-hybridized carbons (Fsp3) is 0.222. The largest absolute Gasteiger partial charge is 0.353 e. The number of hydrogen-bond donors (Lipinski definition) is 3. The van der Waals surface area contributed by atoms with Crippen LogP contribution in [0.3, 0.4) is 0 Å². The van der Waals surface area contributed by atoms with Gasteiger partial charge in [0.05, 0.1) is 11.4 Å². The summed E-state index contributed by atoms with van der Waals surface area (Å²) in [6, 6.07) is 11.3. The predicted octanol–water partition coefficient (Wildman–Crippen LogP) is 0.959. The molecular formula is C18H20FN3O4S. The quantitative estimate of drug-likeness (QED) is 0.581. The number of sulfonamides is 1. The van der Waals surface area contributed by atoms with Crippen LogP contribution in [0.1, 0.15) is 15.9 Å². The van der Waals surface area contributed by atoms with Gasteiger partial charge in [-0.25, -0.2) is 17.5 Å². The Morgan fingerprint density at radius 1 is 0.926 bits per heavy atom. The second-order valence-corrected chi connectivity index (χ2v) is 7.52. The zero-order valence-electron chi connectivity index (χ0n) is 14.7. The molecule has 2 amide bonds. The van der Waals surface area contributed by atoms with Crippen molar-refractivity contribution in [2.75, 3.05) is 19.6 Å². The first-order valence-electron chi connectivity index (χ1n) is 8.15. The van der Waals surface area contributed by atoms with Crippen molar-refractivity contribution in [3.8, 4) is 0 Å². The summed E-state index contributed by atoms with van der Waals surface area (Å²) in [5.74, 6) is -1.44. The third-order valence-electron chi connectivity index (χ3n) is 3.59. The maximum absolute atomic E-state index is 12.8. The second-order valence-electron chi connectivity index (χ2n) is 5.75. The highest BCUT2D eigenvalue weighted by Crippen LogP contribution is 2.09. The van der Waals surface area contributed by atoms with Gasteiger partial charge in [-0.3, -0.25) is 9.59 Å². The molecule has 0 aliphatic heterocycles. The van der Waals surface area contributed by atoms with Crippen molar-refractivity contribution in [3.63, 3.8) is 0 Å². The number of carbonyl (C=O) groups excluding carboxylic acids is 2. The molecule has 0 heterocycles. The highest BCUT2D eigenvalue weighted by atomic mass is 32.2. The van der Waals surface area contributed by atoms with Gasteiger partial charge in [0.1, 0.15) is 5.82 Å². The van der Waals surface area contributed by atoms with Crippen LogP contribution in [0.5, 0.6) is 0 Å². The van der Waals surface area contributed by atoms with Gasteiger partial charge in [0.2, 0.25) is 15.9 Å². The summed E-state index contributed by atoms with van der Waals surface area (Å²) in [5.41, 5.74) is 1.18. The Bertz CT molecular complexity index is 897. The average Bonchev–Trinajstić information content (AvgIpc) is 2.64. The van der Waals surface area contributed by atoms with E-state index in [4.69, 9.17) is 0 Å². The van der Waals surface area contributed by atoms with Gasteiger partial charge in [-0.05, 0) is 43.3 Å². The molecule has 0 fully saturated rings. The molecule has 2 aromatic carbocycles. The van der Waals surface area contributed by atoms with Crippen molar-refractivity contribution in [2.45, 2.75) is 11.8 Å². The van der Waals surface area contributed by atoms with Crippen LogP contribution in [-0.4, -0.2) is 39.9 Å². The maximum atomic E-state index is 12.8. The fourth-order valence-electron chi connectivity index (χ4n) is 2.11. The summed E-state index contributed by atoms with van der Waals surface area (Å²) in [7, 11) is -3.64. The van der Waals surface area contributed by atoms with Gasteiger partial charge in [-0.15, -0.1) is 0 Å². The summed E-state index contributed by atoms with van der Waals surface area (Å²) in [5, 5.41) is 4.89. The van der Waals surface area contributed by atoms with Crippen LogP contribution in [0.15, 0.2) is 53.4 Å². The summed E-state index contributed by atoms with van der Waals surface area (Å²) in [4.78, 5) is 23.6. The van der Waals surface area contributed by atoms with Gasteiger partial charge in [0.25, 0.3) is 5.91 Å². The van der Waals surface area contributed by atoms with Crippen molar-refractivity contribution in [2.24, 2.45) is 0 Å². The topological polar surface area (TPSA) is 104 Å². The summed E-state index contributed by atoms with van der Waals surface area (Å²) < 4.78 is 39.3. The van der Waals surface area contributed by atoms with Gasteiger partial charge < -0.3 is 10.6 Å². The van der Waals surface area contributed by atoms with E-state index in [-0.39, 0.29) is 30.1 Å². The van der Waals surface area contributed by atoms with Crippen molar-refractivity contribution < 1.29 is 22.4 Å². The average molecular weight is 393 g/mol. The Labute approximate surface area is 157 Å². The molecule has 0 saturated carbocycles. The molecule has 0 aromatic heterocycles. The monoisotopic (exact) mass is 393 g/mol. The lowest BCUT2D eigenvalue weighted by Gasteiger charge is -2.09. The summed E-state index contributed by atoms with van der Waals surface area (Å²) >= 11 is 0. The standard InChI is InChI=1S/C18H20FN3O4S/c1-13-2-8-16(9-3-13)27(25,26)22-11-10-20-17(23)12-21-18(24)14-4-6-15(19)7-5-14/h2-9,22H,10-12H2,1H3,(H,20,23)(H,21,24). The van der Waals surface area contributed by atoms with Crippen molar-refractivity contribution in [1.82, 2.24) is 15.4 Å². The minimum Gasteiger partial charge on any atom is -0.353 e. The Kier molecular flexibility index (Phi) is 7.03. The second kappa shape index (κ2) is 9.24. The van der Waals surface area contributed by atoms with E-state index < -0.39 is 27.7 Å². The molecule has 0 radical (unpaired) electrons. The third-order valence-corrected chi connectivity index (χ3v) is 5.06. The smallest absolute Gasteiger partial charge is 0.251 e. The van der Waals surface area contributed by atoms with Gasteiger partial charge in [0.15, 0.2) is 0 Å². The molecule has 144 valence electrons. The van der Waals surface area contributed by atoms with E-state index in [2.05, 4.69) is 15.4 Å². The molecule has 0 aliphatic rings. The van der Waals surface area contributed by atoms with E-state index in [0.29, 0.717) is 0 Å². The van der Waals surface area contributed by atoms with Gasteiger partial charge in [0, 0.05) is 18.7 Å². The zero-order chi connectivity index (χ0) is 19.9. The van der Waals surface area contributed by atoms with Crippen LogP contribution in [0.25, 0.3) is 0 Å². The van der Waals surface area contributed by atoms with E-state index in [0.717, 1.165) is 17.7 Å². The van der Waals surface area contributed by atoms with E-state index in [1.807, 2.05) is 6.92 Å². The highest BCUT2D eigenvalue weighted by molar-refractivity contribution is 7.89. The minimum absolute atomic E-state index is 0.00780. The number of amides is 2. The first-order chi connectivity index (χ1) is 12.8. The molecule has 0 spiro atoms. The molecule has 9 heteroatoms. The Morgan fingerprint density at radius 2 is 1.56 bits per heavy atom. The Balaban J connectivity index is 1.70. The molecule has 0 aliphatic carbocycles. The van der Waals surface area contributed by atoms with Crippen molar-refractivity contribution >= 4 is 21.8 Å². The maximum Gasteiger partial charge on any atom is 0.251 e. The number of carbonyl (C=O) groups is 2. The summed E-state index contributed by atoms with van der Waals surface area (Å²) in [6.07, 6.45) is 0. The fourth-order valence-corrected chi connectivity index (χ4v) is 3.15. The highest BCUT2D eigenvalue weighted by Gasteiger charge is 2.13. The van der Waals surface area contributed by atoms with Crippen LogP contribution >= 0.6 is 0 Å². The normalized spacial score (nSPS) is 11.0. The van der Waals surface area contributed by atoms with Crippen LogP contribution in [0.2, 0.25) is 0 Å². The number of nitrogens with one attached hydrogen (secondary N) is 3. The van der Waals surface area contributed by atoms with Crippen molar-refractivity contribution in [3.05, 3.63) is 65.5 Å². The van der Waals surface area contributed by atoms with Crippen LogP contribution in [0.4, 0.5) is 4.39 Å². The van der Waals surface area contributed by atoms with Crippen LogP contribution in [-0.2, 0) is 14.8 Å². The lowest BCUT2D eigenvalue weighted by Crippen LogP contribution is -2.40. The van der Waals surface area contributed by atoms with E-state index in [1.54, 1.807) is 12.1 Å². The molecular weight excluding hydrogens is 373 g/mol. The number of rotatable bonds is 8. The van der Waals surface area contributed by atoms with E-state index in [1.165, 1.54) is 24.3 Å². The molecule has 27 heavy (non-hydrogen) atoms. The van der Waals surface area contributed by atoms with Gasteiger partial charge >= 0.3 is 0 Å². The van der Waals surface area contributed by atoms with E-state index >= 15 is 0 Å². The molecule has 0 atom stereocenters. The Hall–Kier alpha value is -2.78. The molecule has 0 unspecified atom stereocenters. The molecule has 0 bridgehead atoms. The molecule has 2 aromatic rings. The van der Waals surface area contributed by atoms with Crippen LogP contribution < -0.4 is 15.4 Å². The minimum atomic E-state index is -3.64. The van der Waals surface area contributed by atoms with Crippen molar-refractivity contribution in [1.29, 1.82) is 0 Å². The van der Waals surface area contributed by atoms with Gasteiger partial charge in [-0.2, -0.15) is 0 Å². The SMILES string of the molecule is Cc1ccc(S(=O)(=O)NCCNC(=O)CNC(=O)c2ccc(F)cc2)cc1. The van der Waals surface area contributed by atoms with Crippen LogP contribution in [0, 0.1) is 12.7 Å². The third kappa shape index (κ3) is 6.46. The van der Waals surface area contributed by atoms with E-state index in [9.17, 15) is 22.4 Å². The number of benzene rings is 2. The molecule has 0 saturated heterocycles. The number of halogens is 1. The number of hydrogen-bond acceptors (Lipinski definition) is 4. The molecule has 7 nitrogen and oxygen atoms in total. The van der Waals surface area contributed by atoms with Gasteiger partial charge in [-0.1, -0.05) is 17.7 Å². The lowest BCUT2D eigenvalue weighted by atomic mass is 10.2. The molecule has 3 N–H and O–H groups in total. The zero-order valence-corrected chi connectivity index (χ0v) is 15.5. The lowest BCUT2D eigenvalue weighted by molar-refractivity contribution is -0.120. The first kappa shape index (κ1) is 20.5. The summed E-state index contributed by atoms with van der Waals surface area (Å²) in [6.45, 7) is 1.65. The first-order valence-corrected chi connectivity index (χ1v) is 9.63. The Morgan fingerprint density at radius 3 is 2.19 bits per heavy atom. The molecule has 2 rings (SSSR count).